The molecule has 0 aliphatic heterocycles. The summed E-state index contributed by atoms with van der Waals surface area (Å²) in [7, 11) is 0.593. The van der Waals surface area contributed by atoms with Crippen molar-refractivity contribution in [3.8, 4) is 0 Å². The molecule has 0 aromatic carbocycles. The minimum Gasteiger partial charge on any atom is -0.309 e. The first kappa shape index (κ1) is 16.9. The maximum Gasteiger partial charge on any atom is 0.243 e. The van der Waals surface area contributed by atoms with Crippen molar-refractivity contribution in [2.75, 3.05) is 33.7 Å². The number of thiophene rings is 1. The predicted molar refractivity (Wildman–Crippen MR) is 81.5 cm³/mol. The Balaban J connectivity index is 2.77. The topological polar surface area (TPSA) is 40.6 Å². The summed E-state index contributed by atoms with van der Waals surface area (Å²) in [4.78, 5) is 3.29. The van der Waals surface area contributed by atoms with Crippen molar-refractivity contribution in [3.63, 3.8) is 0 Å². The lowest BCUT2D eigenvalue weighted by atomic mass is 10.4. The molecule has 1 aromatic rings. The Bertz CT molecular complexity index is 486. The smallest absolute Gasteiger partial charge is 0.243 e. The summed E-state index contributed by atoms with van der Waals surface area (Å²) in [6.45, 7) is 3.77. The Labute approximate surface area is 125 Å². The normalized spacial score (nSPS) is 12.5. The standard InChI is InChI=1S/C12H21ClN2O2S2/c1-4-15(7-5-6-14(2)3)19(16,17)12-8-11(9-13)18-10-12/h8,10H,4-7,9H2,1-3H3. The summed E-state index contributed by atoms with van der Waals surface area (Å²) in [5.74, 6) is 0.354. The zero-order valence-electron chi connectivity index (χ0n) is 11.6. The fraction of sp³-hybridized carbons (Fsp3) is 0.667. The molecule has 4 nitrogen and oxygen atoms in total. The van der Waals surface area contributed by atoms with Gasteiger partial charge in [0.2, 0.25) is 10.0 Å². The molecule has 0 saturated heterocycles. The molecule has 0 aliphatic rings. The van der Waals surface area contributed by atoms with E-state index in [9.17, 15) is 8.42 Å². The Kier molecular flexibility index (Phi) is 6.76. The second-order valence-corrected chi connectivity index (χ2v) is 7.74. The van der Waals surface area contributed by atoms with Crippen molar-refractivity contribution in [2.45, 2.75) is 24.1 Å². The van der Waals surface area contributed by atoms with Gasteiger partial charge in [0.05, 0.1) is 10.8 Å². The minimum absolute atomic E-state index is 0.354. The van der Waals surface area contributed by atoms with Gasteiger partial charge in [0.25, 0.3) is 0 Å². The van der Waals surface area contributed by atoms with Crippen LogP contribution in [-0.2, 0) is 15.9 Å². The van der Waals surface area contributed by atoms with E-state index in [0.29, 0.717) is 23.9 Å². The molecule has 19 heavy (non-hydrogen) atoms. The number of sulfonamides is 1. The highest BCUT2D eigenvalue weighted by Crippen LogP contribution is 2.23. The van der Waals surface area contributed by atoms with Gasteiger partial charge in [-0.15, -0.1) is 22.9 Å². The summed E-state index contributed by atoms with van der Waals surface area (Å²) < 4.78 is 26.4. The molecule has 0 N–H and O–H groups in total. The average molecular weight is 325 g/mol. The van der Waals surface area contributed by atoms with Crippen molar-refractivity contribution in [3.05, 3.63) is 16.3 Å². The molecule has 0 fully saturated rings. The van der Waals surface area contributed by atoms with E-state index in [-0.39, 0.29) is 0 Å². The fourth-order valence-corrected chi connectivity index (χ4v) is 4.59. The molecule has 0 bridgehead atoms. The lowest BCUT2D eigenvalue weighted by Crippen LogP contribution is -2.33. The molecule has 0 amide bonds. The molecule has 7 heteroatoms. The average Bonchev–Trinajstić information content (AvgIpc) is 2.83. The van der Waals surface area contributed by atoms with Gasteiger partial charge in [-0.3, -0.25) is 0 Å². The first-order valence-corrected chi connectivity index (χ1v) is 9.05. The van der Waals surface area contributed by atoms with Crippen LogP contribution in [0.1, 0.15) is 18.2 Å². The van der Waals surface area contributed by atoms with Crippen LogP contribution in [0.4, 0.5) is 0 Å². The van der Waals surface area contributed by atoms with Gasteiger partial charge in [0, 0.05) is 23.3 Å². The summed E-state index contributed by atoms with van der Waals surface area (Å²) in [6, 6.07) is 1.67. The molecular weight excluding hydrogens is 304 g/mol. The van der Waals surface area contributed by atoms with Gasteiger partial charge in [-0.2, -0.15) is 4.31 Å². The number of alkyl halides is 1. The van der Waals surface area contributed by atoms with Crippen LogP contribution in [0.5, 0.6) is 0 Å². The second kappa shape index (κ2) is 7.59. The van der Waals surface area contributed by atoms with E-state index < -0.39 is 10.0 Å². The molecule has 1 aromatic heterocycles. The molecule has 0 saturated carbocycles. The van der Waals surface area contributed by atoms with Crippen LogP contribution in [0, 0.1) is 0 Å². The fourth-order valence-electron chi connectivity index (χ4n) is 1.73. The van der Waals surface area contributed by atoms with Crippen molar-refractivity contribution in [2.24, 2.45) is 0 Å². The van der Waals surface area contributed by atoms with Crippen molar-refractivity contribution in [1.29, 1.82) is 0 Å². The highest BCUT2D eigenvalue weighted by atomic mass is 35.5. The predicted octanol–water partition coefficient (Wildman–Crippen LogP) is 2.45. The lowest BCUT2D eigenvalue weighted by molar-refractivity contribution is 0.356. The Morgan fingerprint density at radius 3 is 2.47 bits per heavy atom. The molecule has 1 rings (SSSR count). The molecule has 0 unspecified atom stereocenters. The molecule has 0 aliphatic carbocycles. The first-order chi connectivity index (χ1) is 8.91. The third kappa shape index (κ3) is 4.72. The van der Waals surface area contributed by atoms with Gasteiger partial charge < -0.3 is 4.90 Å². The van der Waals surface area contributed by atoms with Crippen LogP contribution < -0.4 is 0 Å². The van der Waals surface area contributed by atoms with Crippen LogP contribution in [0.2, 0.25) is 0 Å². The third-order valence-electron chi connectivity index (χ3n) is 2.76. The highest BCUT2D eigenvalue weighted by Gasteiger charge is 2.23. The number of hydrogen-bond acceptors (Lipinski definition) is 4. The van der Waals surface area contributed by atoms with Crippen LogP contribution in [0.15, 0.2) is 16.3 Å². The zero-order chi connectivity index (χ0) is 14.5. The van der Waals surface area contributed by atoms with Gasteiger partial charge in [-0.1, -0.05) is 6.92 Å². The maximum absolute atomic E-state index is 12.4. The van der Waals surface area contributed by atoms with Crippen LogP contribution in [-0.4, -0.2) is 51.4 Å². The van der Waals surface area contributed by atoms with Gasteiger partial charge in [0.15, 0.2) is 0 Å². The van der Waals surface area contributed by atoms with E-state index in [4.69, 9.17) is 11.6 Å². The van der Waals surface area contributed by atoms with Crippen LogP contribution in [0.3, 0.4) is 0 Å². The van der Waals surface area contributed by atoms with Crippen molar-refractivity contribution in [1.82, 2.24) is 9.21 Å². The summed E-state index contributed by atoms with van der Waals surface area (Å²) >= 11 is 7.11. The SMILES string of the molecule is CCN(CCCN(C)C)S(=O)(=O)c1csc(CCl)c1. The molecule has 0 radical (unpaired) electrons. The van der Waals surface area contributed by atoms with E-state index >= 15 is 0 Å². The molecule has 110 valence electrons. The van der Waals surface area contributed by atoms with Crippen LogP contribution >= 0.6 is 22.9 Å². The lowest BCUT2D eigenvalue weighted by Gasteiger charge is -2.20. The number of nitrogens with zero attached hydrogens (tertiary/aromatic N) is 2. The molecule has 0 atom stereocenters. The third-order valence-corrected chi connectivity index (χ3v) is 6.25. The maximum atomic E-state index is 12.4. The van der Waals surface area contributed by atoms with E-state index in [2.05, 4.69) is 4.90 Å². The number of rotatable bonds is 8. The van der Waals surface area contributed by atoms with Gasteiger partial charge in [0.1, 0.15) is 0 Å². The van der Waals surface area contributed by atoms with E-state index in [1.807, 2.05) is 21.0 Å². The van der Waals surface area contributed by atoms with Crippen molar-refractivity contribution < 1.29 is 8.42 Å². The summed E-state index contributed by atoms with van der Waals surface area (Å²) in [5.41, 5.74) is 0. The van der Waals surface area contributed by atoms with E-state index in [0.717, 1.165) is 17.8 Å². The Hall–Kier alpha value is -0.140. The molecule has 1 heterocycles. The zero-order valence-corrected chi connectivity index (χ0v) is 14.0. The quantitative estimate of drug-likeness (QED) is 0.690. The highest BCUT2D eigenvalue weighted by molar-refractivity contribution is 7.89. The van der Waals surface area contributed by atoms with Gasteiger partial charge in [-0.05, 0) is 33.1 Å². The minimum atomic E-state index is -3.37. The Morgan fingerprint density at radius 1 is 1.32 bits per heavy atom. The summed E-state index contributed by atoms with van der Waals surface area (Å²) in [6.07, 6.45) is 0.826. The molecule has 0 spiro atoms. The monoisotopic (exact) mass is 324 g/mol. The van der Waals surface area contributed by atoms with Gasteiger partial charge >= 0.3 is 0 Å². The van der Waals surface area contributed by atoms with E-state index in [1.165, 1.54) is 15.6 Å². The van der Waals surface area contributed by atoms with Crippen LogP contribution in [0.25, 0.3) is 0 Å². The number of hydrogen-bond donors (Lipinski definition) is 0. The largest absolute Gasteiger partial charge is 0.309 e. The van der Waals surface area contributed by atoms with Crippen molar-refractivity contribution >= 4 is 33.0 Å². The van der Waals surface area contributed by atoms with E-state index in [1.54, 1.807) is 11.4 Å². The summed E-state index contributed by atoms with van der Waals surface area (Å²) in [5, 5.41) is 1.67. The molecular formula is C12H21ClN2O2S2. The Morgan fingerprint density at radius 2 is 2.00 bits per heavy atom. The number of halogens is 1. The first-order valence-electron chi connectivity index (χ1n) is 6.20. The second-order valence-electron chi connectivity index (χ2n) is 4.54. The van der Waals surface area contributed by atoms with Gasteiger partial charge in [-0.25, -0.2) is 8.42 Å².